The lowest BCUT2D eigenvalue weighted by Crippen LogP contribution is -2.50. The van der Waals surface area contributed by atoms with E-state index in [-0.39, 0.29) is 11.7 Å². The summed E-state index contributed by atoms with van der Waals surface area (Å²) in [5.74, 6) is -2.36. The third kappa shape index (κ3) is 3.53. The van der Waals surface area contributed by atoms with E-state index in [1.54, 1.807) is 4.90 Å². The number of rotatable bonds is 3. The fourth-order valence-corrected chi connectivity index (χ4v) is 5.08. The van der Waals surface area contributed by atoms with Gasteiger partial charge in [0.15, 0.2) is 11.4 Å². The largest absolute Gasteiger partial charge is 0.502 e. The van der Waals surface area contributed by atoms with Crippen molar-refractivity contribution in [1.82, 2.24) is 14.7 Å². The third-order valence-electron chi connectivity index (χ3n) is 6.59. The molecule has 3 aromatic rings. The van der Waals surface area contributed by atoms with Crippen LogP contribution in [0.5, 0.6) is 5.75 Å². The Balaban J connectivity index is 1.73. The summed E-state index contributed by atoms with van der Waals surface area (Å²) in [6.45, 7) is 0.408. The van der Waals surface area contributed by atoms with Crippen molar-refractivity contribution in [3.63, 3.8) is 0 Å². The molecule has 2 aromatic carbocycles. The fourth-order valence-electron chi connectivity index (χ4n) is 5.08. The first-order chi connectivity index (χ1) is 16.2. The van der Waals surface area contributed by atoms with Gasteiger partial charge in [0.1, 0.15) is 5.82 Å². The van der Waals surface area contributed by atoms with Gasteiger partial charge >= 0.3 is 6.18 Å². The molecular formula is C24H19F4N3O3. The van der Waals surface area contributed by atoms with Crippen LogP contribution in [0.25, 0.3) is 0 Å². The van der Waals surface area contributed by atoms with Gasteiger partial charge in [-0.2, -0.15) is 18.3 Å². The van der Waals surface area contributed by atoms with E-state index in [4.69, 9.17) is 0 Å². The SMILES string of the molecule is O=C1c2c(O)c(=O)cnn2[C@@H]([C@@H](c2ccc(F)cc2)c2ccc(C(F)(F)F)cc2)[C@H]2CCCN12. The van der Waals surface area contributed by atoms with E-state index >= 15 is 0 Å². The molecule has 34 heavy (non-hydrogen) atoms. The smallest absolute Gasteiger partial charge is 0.416 e. The van der Waals surface area contributed by atoms with E-state index in [2.05, 4.69) is 5.10 Å². The molecule has 0 bridgehead atoms. The van der Waals surface area contributed by atoms with Crippen LogP contribution in [-0.2, 0) is 6.18 Å². The van der Waals surface area contributed by atoms with E-state index < -0.39 is 46.6 Å². The summed E-state index contributed by atoms with van der Waals surface area (Å²) in [6, 6.07) is 9.21. The molecule has 1 saturated heterocycles. The van der Waals surface area contributed by atoms with E-state index in [1.807, 2.05) is 0 Å². The van der Waals surface area contributed by atoms with E-state index in [9.17, 15) is 32.3 Å². The molecule has 2 aliphatic heterocycles. The molecule has 1 amide bonds. The minimum atomic E-state index is -4.51. The molecule has 3 heterocycles. The molecule has 3 atom stereocenters. The zero-order valence-corrected chi connectivity index (χ0v) is 17.7. The van der Waals surface area contributed by atoms with Gasteiger partial charge in [0, 0.05) is 12.5 Å². The summed E-state index contributed by atoms with van der Waals surface area (Å²) < 4.78 is 54.6. The number of amides is 1. The van der Waals surface area contributed by atoms with Crippen LogP contribution in [0.1, 0.15) is 52.0 Å². The molecule has 0 radical (unpaired) electrons. The Morgan fingerprint density at radius 3 is 2.24 bits per heavy atom. The number of hydrogen-bond acceptors (Lipinski definition) is 4. The normalized spacial score (nSPS) is 20.7. The molecule has 2 aliphatic rings. The lowest BCUT2D eigenvalue weighted by atomic mass is 9.79. The highest BCUT2D eigenvalue weighted by Crippen LogP contribution is 2.46. The Hall–Kier alpha value is -3.69. The molecule has 0 unspecified atom stereocenters. The average Bonchev–Trinajstić information content (AvgIpc) is 3.29. The minimum Gasteiger partial charge on any atom is -0.502 e. The van der Waals surface area contributed by atoms with Crippen molar-refractivity contribution in [3.8, 4) is 5.75 Å². The van der Waals surface area contributed by atoms with Crippen molar-refractivity contribution in [1.29, 1.82) is 0 Å². The number of carbonyl (C=O) groups is 1. The maximum absolute atomic E-state index is 13.7. The maximum atomic E-state index is 13.7. The zero-order valence-electron chi connectivity index (χ0n) is 17.7. The quantitative estimate of drug-likeness (QED) is 0.582. The van der Waals surface area contributed by atoms with Gasteiger partial charge in [0.05, 0.1) is 23.8 Å². The Kier molecular flexibility index (Phi) is 5.18. The first-order valence-corrected chi connectivity index (χ1v) is 10.7. The molecule has 0 aliphatic carbocycles. The number of hydrogen-bond donors (Lipinski definition) is 1. The Labute approximate surface area is 191 Å². The van der Waals surface area contributed by atoms with Crippen LogP contribution in [0.4, 0.5) is 17.6 Å². The van der Waals surface area contributed by atoms with Crippen molar-refractivity contribution in [2.45, 2.75) is 37.0 Å². The second kappa shape index (κ2) is 7.96. The van der Waals surface area contributed by atoms with Gasteiger partial charge in [-0.05, 0) is 48.2 Å². The van der Waals surface area contributed by atoms with Crippen molar-refractivity contribution in [2.75, 3.05) is 6.54 Å². The molecule has 0 saturated carbocycles. The van der Waals surface area contributed by atoms with Crippen molar-refractivity contribution in [3.05, 3.63) is 93.2 Å². The van der Waals surface area contributed by atoms with Gasteiger partial charge in [-0.1, -0.05) is 24.3 Å². The molecule has 5 rings (SSSR count). The highest BCUT2D eigenvalue weighted by molar-refractivity contribution is 5.96. The summed E-state index contributed by atoms with van der Waals surface area (Å²) >= 11 is 0. The Morgan fingerprint density at radius 2 is 1.62 bits per heavy atom. The average molecular weight is 473 g/mol. The second-order valence-corrected chi connectivity index (χ2v) is 8.50. The first-order valence-electron chi connectivity index (χ1n) is 10.7. The van der Waals surface area contributed by atoms with Crippen LogP contribution in [-0.4, -0.2) is 38.3 Å². The summed E-state index contributed by atoms with van der Waals surface area (Å²) in [5, 5.41) is 14.6. The maximum Gasteiger partial charge on any atom is 0.416 e. The standard InChI is InChI=1S/C24H19F4N3O3/c25-16-9-5-14(6-10-16)19(13-3-7-15(8-4-13)24(26,27)28)20-17-2-1-11-30(17)23(34)21-22(33)18(32)12-29-31(20)21/h3-10,12,17,19-20,33H,1-2,11H2/t17-,19-,20-/m1/s1. The number of aromatic nitrogens is 2. The number of halogens is 4. The number of aromatic hydroxyl groups is 1. The van der Waals surface area contributed by atoms with Crippen LogP contribution in [0, 0.1) is 5.82 Å². The van der Waals surface area contributed by atoms with Gasteiger partial charge in [-0.15, -0.1) is 0 Å². The molecule has 10 heteroatoms. The van der Waals surface area contributed by atoms with Crippen LogP contribution >= 0.6 is 0 Å². The van der Waals surface area contributed by atoms with E-state index in [1.165, 1.54) is 41.1 Å². The number of benzene rings is 2. The van der Waals surface area contributed by atoms with Crippen molar-refractivity contribution >= 4 is 5.91 Å². The van der Waals surface area contributed by atoms with Crippen LogP contribution in [0.3, 0.4) is 0 Å². The third-order valence-corrected chi connectivity index (χ3v) is 6.59. The lowest BCUT2D eigenvalue weighted by Gasteiger charge is -2.42. The van der Waals surface area contributed by atoms with Crippen molar-refractivity contribution < 1.29 is 27.5 Å². The number of carbonyl (C=O) groups excluding carboxylic acids is 1. The second-order valence-electron chi connectivity index (χ2n) is 8.50. The monoisotopic (exact) mass is 473 g/mol. The topological polar surface area (TPSA) is 75.4 Å². The summed E-state index contributed by atoms with van der Waals surface area (Å²) in [7, 11) is 0. The summed E-state index contributed by atoms with van der Waals surface area (Å²) in [4.78, 5) is 26.7. The zero-order chi connectivity index (χ0) is 24.2. The molecule has 6 nitrogen and oxygen atoms in total. The lowest BCUT2D eigenvalue weighted by molar-refractivity contribution is -0.137. The fraction of sp³-hybridized carbons (Fsp3) is 0.292. The van der Waals surface area contributed by atoms with Gasteiger partial charge in [-0.3, -0.25) is 14.3 Å². The molecule has 1 N–H and O–H groups in total. The van der Waals surface area contributed by atoms with Gasteiger partial charge in [0.2, 0.25) is 5.43 Å². The predicted octanol–water partition coefficient (Wildman–Crippen LogP) is 4.10. The molecule has 1 aromatic heterocycles. The molecular weight excluding hydrogens is 454 g/mol. The van der Waals surface area contributed by atoms with E-state index in [0.29, 0.717) is 30.5 Å². The Bertz CT molecular complexity index is 1300. The highest BCUT2D eigenvalue weighted by Gasteiger charge is 2.48. The van der Waals surface area contributed by atoms with Crippen LogP contribution in [0.2, 0.25) is 0 Å². The van der Waals surface area contributed by atoms with Crippen molar-refractivity contribution in [2.24, 2.45) is 0 Å². The van der Waals surface area contributed by atoms with E-state index in [0.717, 1.165) is 18.3 Å². The number of fused-ring (bicyclic) bond motifs is 2. The van der Waals surface area contributed by atoms with Gasteiger partial charge in [-0.25, -0.2) is 4.39 Å². The first kappa shape index (κ1) is 22.1. The summed E-state index contributed by atoms with van der Waals surface area (Å²) in [6.07, 6.45) is -2.32. The van der Waals surface area contributed by atoms with Gasteiger partial charge < -0.3 is 10.0 Å². The molecule has 1 fully saturated rings. The van der Waals surface area contributed by atoms with Crippen LogP contribution in [0.15, 0.2) is 59.5 Å². The number of nitrogens with zero attached hydrogens (tertiary/aromatic N) is 3. The van der Waals surface area contributed by atoms with Crippen LogP contribution < -0.4 is 5.43 Å². The molecule has 176 valence electrons. The highest BCUT2D eigenvalue weighted by atomic mass is 19.4. The predicted molar refractivity (Wildman–Crippen MR) is 113 cm³/mol. The molecule has 0 spiro atoms. The Morgan fingerprint density at radius 1 is 1.00 bits per heavy atom. The van der Waals surface area contributed by atoms with Gasteiger partial charge in [0.25, 0.3) is 5.91 Å². The minimum absolute atomic E-state index is 0.255. The number of alkyl halides is 3. The summed E-state index contributed by atoms with van der Waals surface area (Å²) in [5.41, 5.74) is -0.774.